The molecule has 0 saturated heterocycles. The number of fused-ring (bicyclic) bond motifs is 3. The Morgan fingerprint density at radius 2 is 0.612 bits per heavy atom. The third kappa shape index (κ3) is 5.20. The number of rotatable bonds is 6. The highest BCUT2D eigenvalue weighted by molar-refractivity contribution is 6.09. The van der Waals surface area contributed by atoms with E-state index >= 15 is 0 Å². The van der Waals surface area contributed by atoms with Gasteiger partial charge in [-0.25, -0.2) is 19.9 Å². The van der Waals surface area contributed by atoms with Crippen molar-refractivity contribution in [1.29, 1.82) is 0 Å². The van der Waals surface area contributed by atoms with Gasteiger partial charge < -0.3 is 0 Å². The summed E-state index contributed by atoms with van der Waals surface area (Å²) in [5.41, 5.74) is 6.31. The van der Waals surface area contributed by atoms with Crippen molar-refractivity contribution >= 4 is 21.8 Å². The molecule has 3 heterocycles. The molecule has 0 amide bonds. The van der Waals surface area contributed by atoms with Crippen LogP contribution in [0.2, 0.25) is 0 Å². The van der Waals surface area contributed by atoms with Gasteiger partial charge in [-0.15, -0.1) is 0 Å². The van der Waals surface area contributed by atoms with E-state index in [9.17, 15) is 0 Å². The smallest absolute Gasteiger partial charge is 0.238 e. The molecule has 0 radical (unpaired) electrons. The molecule has 0 aliphatic heterocycles. The Balaban J connectivity index is 1.30. The minimum atomic E-state index is 0.518. The lowest BCUT2D eigenvalue weighted by Gasteiger charge is -2.13. The summed E-state index contributed by atoms with van der Waals surface area (Å²) in [5.74, 6) is 3.33. The topological polar surface area (TPSA) is 82.3 Å². The average molecular weight is 630 g/mol. The Hall–Kier alpha value is -6.86. The van der Waals surface area contributed by atoms with E-state index in [4.69, 9.17) is 29.9 Å². The third-order valence-electron chi connectivity index (χ3n) is 8.54. The monoisotopic (exact) mass is 629 g/mol. The SMILES string of the molecule is c1ccc(-c2nc(-c3ccccc3)nc(-c3ccccc3-c3nc(-c4ccccc4)nc(-n4c5ccccc5c5ccccc54)n3)n2)cc1. The summed E-state index contributed by atoms with van der Waals surface area (Å²) in [5, 5.41) is 2.27. The van der Waals surface area contributed by atoms with E-state index < -0.39 is 0 Å². The van der Waals surface area contributed by atoms with Crippen molar-refractivity contribution in [2.75, 3.05) is 0 Å². The number of hydrogen-bond donors (Lipinski definition) is 0. The zero-order valence-corrected chi connectivity index (χ0v) is 26.2. The Labute approximate surface area is 282 Å². The summed E-state index contributed by atoms with van der Waals surface area (Å²) in [6.45, 7) is 0. The zero-order valence-electron chi connectivity index (χ0n) is 26.2. The van der Waals surface area contributed by atoms with E-state index in [2.05, 4.69) is 41.0 Å². The molecule has 0 unspecified atom stereocenters. The van der Waals surface area contributed by atoms with Crippen LogP contribution in [-0.2, 0) is 0 Å². The summed E-state index contributed by atoms with van der Waals surface area (Å²) in [4.78, 5) is 30.3. The van der Waals surface area contributed by atoms with Crippen LogP contribution in [0.3, 0.4) is 0 Å². The minimum absolute atomic E-state index is 0.518. The molecule has 0 aliphatic carbocycles. The lowest BCUT2D eigenvalue weighted by molar-refractivity contribution is 0.953. The predicted molar refractivity (Wildman–Crippen MR) is 195 cm³/mol. The third-order valence-corrected chi connectivity index (χ3v) is 8.54. The first-order chi connectivity index (χ1) is 24.3. The molecule has 0 fully saturated rings. The normalized spacial score (nSPS) is 11.3. The second kappa shape index (κ2) is 12.1. The highest BCUT2D eigenvalue weighted by atomic mass is 15.2. The molecular weight excluding hydrogens is 603 g/mol. The molecule has 0 bridgehead atoms. The summed E-state index contributed by atoms with van der Waals surface area (Å²) in [6.07, 6.45) is 0. The second-order valence-corrected chi connectivity index (χ2v) is 11.6. The summed E-state index contributed by atoms with van der Waals surface area (Å²) in [6, 6.07) is 54.7. The van der Waals surface area contributed by atoms with Gasteiger partial charge >= 0.3 is 0 Å². The van der Waals surface area contributed by atoms with Crippen LogP contribution in [0.1, 0.15) is 0 Å². The van der Waals surface area contributed by atoms with Crippen molar-refractivity contribution in [1.82, 2.24) is 34.5 Å². The van der Waals surface area contributed by atoms with E-state index in [1.165, 1.54) is 0 Å². The fourth-order valence-electron chi connectivity index (χ4n) is 6.24. The molecule has 230 valence electrons. The van der Waals surface area contributed by atoms with Crippen LogP contribution >= 0.6 is 0 Å². The van der Waals surface area contributed by atoms with Crippen LogP contribution in [0.5, 0.6) is 0 Å². The molecule has 6 aromatic carbocycles. The van der Waals surface area contributed by atoms with Crippen LogP contribution in [0.4, 0.5) is 0 Å². The maximum atomic E-state index is 5.19. The van der Waals surface area contributed by atoms with E-state index in [0.29, 0.717) is 35.1 Å². The van der Waals surface area contributed by atoms with E-state index in [-0.39, 0.29) is 0 Å². The molecule has 0 aliphatic rings. The number of nitrogens with zero attached hydrogens (tertiary/aromatic N) is 7. The summed E-state index contributed by atoms with van der Waals surface area (Å²) >= 11 is 0. The minimum Gasteiger partial charge on any atom is -0.278 e. The van der Waals surface area contributed by atoms with Gasteiger partial charge in [0, 0.05) is 38.6 Å². The number of hydrogen-bond acceptors (Lipinski definition) is 6. The van der Waals surface area contributed by atoms with Gasteiger partial charge in [0.2, 0.25) is 5.95 Å². The number of benzene rings is 6. The molecule has 9 rings (SSSR count). The fraction of sp³-hybridized carbons (Fsp3) is 0. The van der Waals surface area contributed by atoms with Gasteiger partial charge in [-0.2, -0.15) is 9.97 Å². The largest absolute Gasteiger partial charge is 0.278 e. The van der Waals surface area contributed by atoms with E-state index in [1.807, 2.05) is 127 Å². The first-order valence-corrected chi connectivity index (χ1v) is 16.1. The molecule has 3 aromatic heterocycles. The van der Waals surface area contributed by atoms with Crippen molar-refractivity contribution < 1.29 is 0 Å². The number of para-hydroxylation sites is 2. The van der Waals surface area contributed by atoms with Crippen LogP contribution in [-0.4, -0.2) is 34.5 Å². The lowest BCUT2D eigenvalue weighted by Crippen LogP contribution is -2.07. The van der Waals surface area contributed by atoms with Crippen molar-refractivity contribution in [3.8, 4) is 62.9 Å². The van der Waals surface area contributed by atoms with Crippen LogP contribution in [0, 0.1) is 0 Å². The highest BCUT2D eigenvalue weighted by Gasteiger charge is 2.21. The molecule has 0 saturated carbocycles. The lowest BCUT2D eigenvalue weighted by atomic mass is 10.1. The van der Waals surface area contributed by atoms with Crippen molar-refractivity contribution in [3.05, 3.63) is 164 Å². The molecule has 7 heteroatoms. The highest BCUT2D eigenvalue weighted by Crippen LogP contribution is 2.35. The molecular formula is C42H27N7. The Morgan fingerprint density at radius 3 is 1.08 bits per heavy atom. The Kier molecular flexibility index (Phi) is 6.98. The second-order valence-electron chi connectivity index (χ2n) is 11.6. The fourth-order valence-corrected chi connectivity index (χ4v) is 6.24. The molecule has 0 N–H and O–H groups in total. The first-order valence-electron chi connectivity index (χ1n) is 16.1. The Bertz CT molecular complexity index is 2490. The van der Waals surface area contributed by atoms with Gasteiger partial charge in [0.25, 0.3) is 0 Å². The molecule has 0 atom stereocenters. The van der Waals surface area contributed by atoms with Crippen LogP contribution in [0.25, 0.3) is 84.7 Å². The standard InChI is InChI=1S/C42H27N7/c1-4-16-28(17-5-1)37-43-38(29-18-6-2-7-19-29)45-40(44-37)33-24-10-11-25-34(33)41-46-39(30-20-8-3-9-21-30)47-42(48-41)49-35-26-14-12-22-31(35)32-23-13-15-27-36(32)49/h1-27H. The van der Waals surface area contributed by atoms with Gasteiger partial charge in [0.1, 0.15) is 0 Å². The maximum absolute atomic E-state index is 5.19. The maximum Gasteiger partial charge on any atom is 0.238 e. The van der Waals surface area contributed by atoms with E-state index in [0.717, 1.165) is 49.6 Å². The van der Waals surface area contributed by atoms with Crippen LogP contribution < -0.4 is 0 Å². The van der Waals surface area contributed by atoms with Crippen molar-refractivity contribution in [2.45, 2.75) is 0 Å². The van der Waals surface area contributed by atoms with Gasteiger partial charge in [-0.1, -0.05) is 152 Å². The van der Waals surface area contributed by atoms with Gasteiger partial charge in [0.05, 0.1) is 11.0 Å². The predicted octanol–water partition coefficient (Wildman–Crippen LogP) is 9.49. The summed E-state index contributed by atoms with van der Waals surface area (Å²) < 4.78 is 2.12. The molecule has 7 nitrogen and oxygen atoms in total. The quantitative estimate of drug-likeness (QED) is 0.182. The van der Waals surface area contributed by atoms with Crippen molar-refractivity contribution in [2.24, 2.45) is 0 Å². The molecule has 9 aromatic rings. The van der Waals surface area contributed by atoms with E-state index in [1.54, 1.807) is 0 Å². The Morgan fingerprint density at radius 1 is 0.286 bits per heavy atom. The first kappa shape index (κ1) is 28.4. The van der Waals surface area contributed by atoms with Gasteiger partial charge in [-0.05, 0) is 12.1 Å². The summed E-state index contributed by atoms with van der Waals surface area (Å²) in [7, 11) is 0. The number of aromatic nitrogens is 7. The molecule has 49 heavy (non-hydrogen) atoms. The van der Waals surface area contributed by atoms with Gasteiger partial charge in [0.15, 0.2) is 29.1 Å². The average Bonchev–Trinajstić information content (AvgIpc) is 3.53. The zero-order chi connectivity index (χ0) is 32.6. The van der Waals surface area contributed by atoms with Crippen LogP contribution in [0.15, 0.2) is 164 Å². The molecule has 0 spiro atoms. The van der Waals surface area contributed by atoms with Crippen molar-refractivity contribution in [3.63, 3.8) is 0 Å². The van der Waals surface area contributed by atoms with Gasteiger partial charge in [-0.3, -0.25) is 4.57 Å².